The van der Waals surface area contributed by atoms with Gasteiger partial charge in [-0.3, -0.25) is 0 Å². The molecule has 0 aromatic rings. The second-order valence-electron chi connectivity index (χ2n) is 5.10. The van der Waals surface area contributed by atoms with E-state index in [-0.39, 0.29) is 12.2 Å². The van der Waals surface area contributed by atoms with Crippen molar-refractivity contribution in [2.45, 2.75) is 51.4 Å². The summed E-state index contributed by atoms with van der Waals surface area (Å²) >= 11 is 0. The van der Waals surface area contributed by atoms with Gasteiger partial charge in [0.05, 0.1) is 25.4 Å². The first-order valence-corrected chi connectivity index (χ1v) is 7.86. The second kappa shape index (κ2) is 11.5. The summed E-state index contributed by atoms with van der Waals surface area (Å²) in [5, 5.41) is 3.45. The van der Waals surface area contributed by atoms with Crippen LogP contribution in [0.25, 0.3) is 0 Å². The van der Waals surface area contributed by atoms with Crippen molar-refractivity contribution in [1.82, 2.24) is 5.32 Å². The lowest BCUT2D eigenvalue weighted by Crippen LogP contribution is -2.60. The molecule has 0 spiro atoms. The van der Waals surface area contributed by atoms with E-state index >= 15 is 0 Å². The van der Waals surface area contributed by atoms with Gasteiger partial charge in [0, 0.05) is 33.0 Å². The highest BCUT2D eigenvalue weighted by molar-refractivity contribution is 4.97. The average molecular weight is 289 g/mol. The molecule has 0 bridgehead atoms. The number of ether oxygens (including phenoxy) is 4. The Morgan fingerprint density at radius 1 is 1.00 bits per heavy atom. The topological polar surface area (TPSA) is 49.0 Å². The maximum absolute atomic E-state index is 5.89. The fraction of sp³-hybridized carbons (Fsp3) is 1.00. The molecule has 1 aliphatic rings. The summed E-state index contributed by atoms with van der Waals surface area (Å²) in [7, 11) is 1.68. The summed E-state index contributed by atoms with van der Waals surface area (Å²) < 4.78 is 22.1. The first-order chi connectivity index (χ1) is 9.83. The van der Waals surface area contributed by atoms with Gasteiger partial charge in [-0.2, -0.15) is 0 Å². The molecule has 0 aromatic heterocycles. The van der Waals surface area contributed by atoms with Gasteiger partial charge in [-0.15, -0.1) is 0 Å². The van der Waals surface area contributed by atoms with Crippen LogP contribution in [0.3, 0.4) is 0 Å². The summed E-state index contributed by atoms with van der Waals surface area (Å²) in [5.41, 5.74) is 0. The Hall–Kier alpha value is -0.200. The van der Waals surface area contributed by atoms with Crippen molar-refractivity contribution in [3.8, 4) is 0 Å². The lowest BCUT2D eigenvalue weighted by molar-refractivity contribution is -0.148. The van der Waals surface area contributed by atoms with Gasteiger partial charge in [-0.05, 0) is 25.8 Å². The van der Waals surface area contributed by atoms with Crippen LogP contribution in [0, 0.1) is 0 Å². The average Bonchev–Trinajstić information content (AvgIpc) is 2.44. The number of hydrogen-bond acceptors (Lipinski definition) is 5. The van der Waals surface area contributed by atoms with E-state index < -0.39 is 0 Å². The molecule has 5 heteroatoms. The van der Waals surface area contributed by atoms with Crippen LogP contribution in [0.1, 0.15) is 33.1 Å². The van der Waals surface area contributed by atoms with Crippen LogP contribution in [-0.2, 0) is 18.9 Å². The third-order valence-electron chi connectivity index (χ3n) is 3.43. The van der Waals surface area contributed by atoms with E-state index in [4.69, 9.17) is 18.9 Å². The molecule has 1 aliphatic carbocycles. The first kappa shape index (κ1) is 17.9. The van der Waals surface area contributed by atoms with Crippen molar-refractivity contribution in [3.63, 3.8) is 0 Å². The van der Waals surface area contributed by atoms with Gasteiger partial charge in [-0.25, -0.2) is 0 Å². The van der Waals surface area contributed by atoms with Crippen molar-refractivity contribution in [2.75, 3.05) is 46.7 Å². The maximum atomic E-state index is 5.89. The molecule has 0 amide bonds. The number of hydrogen-bond donors (Lipinski definition) is 1. The van der Waals surface area contributed by atoms with Crippen molar-refractivity contribution < 1.29 is 18.9 Å². The van der Waals surface area contributed by atoms with Crippen LogP contribution in [0.2, 0.25) is 0 Å². The first-order valence-electron chi connectivity index (χ1n) is 7.86. The van der Waals surface area contributed by atoms with Gasteiger partial charge in [0.2, 0.25) is 0 Å². The molecule has 0 heterocycles. The Morgan fingerprint density at radius 2 is 1.85 bits per heavy atom. The molecule has 0 saturated heterocycles. The Bertz CT molecular complexity index is 228. The molecule has 1 fully saturated rings. The van der Waals surface area contributed by atoms with Crippen LogP contribution >= 0.6 is 0 Å². The minimum Gasteiger partial charge on any atom is -0.382 e. The standard InChI is InChI=1S/C15H31NO4/c1-4-7-20-15-13(16-5-2)12-14(15)19-9-6-8-18-11-10-17-3/h13-16H,4-12H2,1-3H3. The fourth-order valence-electron chi connectivity index (χ4n) is 2.32. The molecule has 120 valence electrons. The highest BCUT2D eigenvalue weighted by atomic mass is 16.5. The molecular formula is C15H31NO4. The number of methoxy groups -OCH3 is 1. The number of rotatable bonds is 13. The summed E-state index contributed by atoms with van der Waals surface area (Å²) in [4.78, 5) is 0. The monoisotopic (exact) mass is 289 g/mol. The third-order valence-corrected chi connectivity index (χ3v) is 3.43. The van der Waals surface area contributed by atoms with Crippen LogP contribution in [0.5, 0.6) is 0 Å². The zero-order valence-electron chi connectivity index (χ0n) is 13.2. The zero-order chi connectivity index (χ0) is 14.6. The highest BCUT2D eigenvalue weighted by Gasteiger charge is 2.42. The van der Waals surface area contributed by atoms with Crippen molar-refractivity contribution in [1.29, 1.82) is 0 Å². The van der Waals surface area contributed by atoms with E-state index in [0.717, 1.165) is 45.6 Å². The molecule has 1 N–H and O–H groups in total. The van der Waals surface area contributed by atoms with Gasteiger partial charge < -0.3 is 24.3 Å². The molecule has 0 radical (unpaired) electrons. The molecule has 5 nitrogen and oxygen atoms in total. The quantitative estimate of drug-likeness (QED) is 0.522. The van der Waals surface area contributed by atoms with Gasteiger partial charge >= 0.3 is 0 Å². The number of likely N-dealkylation sites (N-methyl/N-ethyl adjacent to an activating group) is 1. The van der Waals surface area contributed by atoms with Gasteiger partial charge in [0.15, 0.2) is 0 Å². The van der Waals surface area contributed by atoms with Crippen LogP contribution in [0.4, 0.5) is 0 Å². The Kier molecular flexibility index (Phi) is 10.2. The molecule has 3 unspecified atom stereocenters. The normalized spacial score (nSPS) is 25.6. The summed E-state index contributed by atoms with van der Waals surface area (Å²) in [6.45, 7) is 8.83. The second-order valence-corrected chi connectivity index (χ2v) is 5.10. The van der Waals surface area contributed by atoms with E-state index in [1.165, 1.54) is 0 Å². The summed E-state index contributed by atoms with van der Waals surface area (Å²) in [5.74, 6) is 0. The van der Waals surface area contributed by atoms with E-state index in [2.05, 4.69) is 19.2 Å². The third kappa shape index (κ3) is 6.50. The Balaban J connectivity index is 2.06. The highest BCUT2D eigenvalue weighted by Crippen LogP contribution is 2.27. The summed E-state index contributed by atoms with van der Waals surface area (Å²) in [6.07, 6.45) is 3.48. The summed E-state index contributed by atoms with van der Waals surface area (Å²) in [6, 6.07) is 0.453. The zero-order valence-corrected chi connectivity index (χ0v) is 13.2. The van der Waals surface area contributed by atoms with Gasteiger partial charge in [0.25, 0.3) is 0 Å². The SMILES string of the molecule is CCCOC1C(NCC)CC1OCCCOCCOC. The molecule has 1 saturated carbocycles. The van der Waals surface area contributed by atoms with E-state index in [1.54, 1.807) is 7.11 Å². The van der Waals surface area contributed by atoms with Crippen molar-refractivity contribution in [2.24, 2.45) is 0 Å². The van der Waals surface area contributed by atoms with Crippen LogP contribution < -0.4 is 5.32 Å². The van der Waals surface area contributed by atoms with E-state index in [0.29, 0.717) is 19.3 Å². The molecule has 3 atom stereocenters. The minimum atomic E-state index is 0.212. The fourth-order valence-corrected chi connectivity index (χ4v) is 2.32. The van der Waals surface area contributed by atoms with Crippen molar-refractivity contribution >= 4 is 0 Å². The molecular weight excluding hydrogens is 258 g/mol. The van der Waals surface area contributed by atoms with Gasteiger partial charge in [0.1, 0.15) is 0 Å². The molecule has 1 rings (SSSR count). The lowest BCUT2D eigenvalue weighted by atomic mass is 9.85. The van der Waals surface area contributed by atoms with Crippen LogP contribution in [0.15, 0.2) is 0 Å². The Morgan fingerprint density at radius 3 is 2.55 bits per heavy atom. The Labute approximate surface area is 123 Å². The van der Waals surface area contributed by atoms with Gasteiger partial charge in [-0.1, -0.05) is 13.8 Å². The van der Waals surface area contributed by atoms with Crippen molar-refractivity contribution in [3.05, 3.63) is 0 Å². The largest absolute Gasteiger partial charge is 0.382 e. The van der Waals surface area contributed by atoms with Crippen LogP contribution in [-0.4, -0.2) is 64.9 Å². The molecule has 0 aliphatic heterocycles. The van der Waals surface area contributed by atoms with E-state index in [1.807, 2.05) is 0 Å². The predicted molar refractivity (Wildman–Crippen MR) is 79.2 cm³/mol. The maximum Gasteiger partial charge on any atom is 0.0990 e. The predicted octanol–water partition coefficient (Wildman–Crippen LogP) is 1.60. The minimum absolute atomic E-state index is 0.212. The number of nitrogens with one attached hydrogen (secondary N) is 1. The molecule has 20 heavy (non-hydrogen) atoms. The molecule has 0 aromatic carbocycles. The lowest BCUT2D eigenvalue weighted by Gasteiger charge is -2.44. The van der Waals surface area contributed by atoms with E-state index in [9.17, 15) is 0 Å². The smallest absolute Gasteiger partial charge is 0.0990 e.